The number of rotatable bonds is 6. The van der Waals surface area contributed by atoms with Gasteiger partial charge in [0.25, 0.3) is 5.91 Å². The monoisotopic (exact) mass is 436 g/mol. The first-order valence-corrected chi connectivity index (χ1v) is 12.0. The standard InChI is InChI=1S/C26H33FN4O/c27-23-6-8-24(9-7-23)30-14-12-29(13-15-30)18-22-19-31-11-10-21(22)16-25(31)17-28-26(32)20-4-2-1-3-5-20/h1-9,21-22,25H,10-19H2,(H,28,32)/t21-,22+,25-/m1/s1. The van der Waals surface area contributed by atoms with Crippen LogP contribution in [0.5, 0.6) is 0 Å². The number of halogens is 1. The number of amides is 1. The number of piperazine rings is 1. The fraction of sp³-hybridized carbons (Fsp3) is 0.500. The van der Waals surface area contributed by atoms with Crippen LogP contribution < -0.4 is 10.2 Å². The molecule has 32 heavy (non-hydrogen) atoms. The Labute approximate surface area is 190 Å². The van der Waals surface area contributed by atoms with Crippen molar-refractivity contribution in [2.75, 3.05) is 57.3 Å². The maximum Gasteiger partial charge on any atom is 0.251 e. The molecule has 6 rings (SSSR count). The maximum absolute atomic E-state index is 13.2. The van der Waals surface area contributed by atoms with Crippen LogP contribution in [-0.2, 0) is 0 Å². The van der Waals surface area contributed by atoms with Gasteiger partial charge in [-0.15, -0.1) is 0 Å². The number of anilines is 1. The molecule has 4 fully saturated rings. The molecule has 6 heteroatoms. The number of nitrogens with one attached hydrogen (secondary N) is 1. The molecule has 4 saturated heterocycles. The Hall–Kier alpha value is -2.44. The lowest BCUT2D eigenvalue weighted by atomic mass is 9.75. The SMILES string of the molecule is O=C(NC[C@H]1C[C@H]2CCN1C[C@@H]2CN1CCN(c2ccc(F)cc2)CC1)c1ccccc1. The van der Waals surface area contributed by atoms with Gasteiger partial charge in [0.05, 0.1) is 0 Å². The van der Waals surface area contributed by atoms with E-state index in [-0.39, 0.29) is 11.7 Å². The van der Waals surface area contributed by atoms with Crippen molar-refractivity contribution in [3.63, 3.8) is 0 Å². The summed E-state index contributed by atoms with van der Waals surface area (Å²) >= 11 is 0. The molecule has 1 N–H and O–H groups in total. The van der Waals surface area contributed by atoms with E-state index < -0.39 is 0 Å². The van der Waals surface area contributed by atoms with Crippen LogP contribution in [0, 0.1) is 17.7 Å². The zero-order valence-corrected chi connectivity index (χ0v) is 18.6. The summed E-state index contributed by atoms with van der Waals surface area (Å²) < 4.78 is 13.2. The Morgan fingerprint density at radius 1 is 0.969 bits per heavy atom. The number of carbonyl (C=O) groups is 1. The van der Waals surface area contributed by atoms with Crippen LogP contribution in [0.15, 0.2) is 54.6 Å². The lowest BCUT2D eigenvalue weighted by Crippen LogP contribution is -2.59. The molecular weight excluding hydrogens is 403 g/mol. The summed E-state index contributed by atoms with van der Waals surface area (Å²) in [6, 6.07) is 16.8. The van der Waals surface area contributed by atoms with Crippen LogP contribution in [0.4, 0.5) is 10.1 Å². The third-order valence-electron chi connectivity index (χ3n) is 7.61. The van der Waals surface area contributed by atoms with Crippen molar-refractivity contribution in [3.05, 3.63) is 66.0 Å². The van der Waals surface area contributed by atoms with Crippen molar-refractivity contribution in [1.29, 1.82) is 0 Å². The molecule has 2 aromatic rings. The molecule has 0 aliphatic carbocycles. The molecule has 1 unspecified atom stereocenters. The summed E-state index contributed by atoms with van der Waals surface area (Å²) in [5.74, 6) is 1.34. The minimum absolute atomic E-state index is 0.0313. The van der Waals surface area contributed by atoms with Gasteiger partial charge in [-0.05, 0) is 67.6 Å². The van der Waals surface area contributed by atoms with Crippen LogP contribution >= 0.6 is 0 Å². The van der Waals surface area contributed by atoms with Gasteiger partial charge in [0.1, 0.15) is 5.82 Å². The van der Waals surface area contributed by atoms with Crippen LogP contribution in [0.3, 0.4) is 0 Å². The van der Waals surface area contributed by atoms with Gasteiger partial charge in [-0.3, -0.25) is 14.6 Å². The number of hydrogen-bond acceptors (Lipinski definition) is 4. The number of hydrogen-bond donors (Lipinski definition) is 1. The second-order valence-corrected chi connectivity index (χ2v) is 9.53. The van der Waals surface area contributed by atoms with Gasteiger partial charge in [-0.1, -0.05) is 18.2 Å². The smallest absolute Gasteiger partial charge is 0.251 e. The summed E-state index contributed by atoms with van der Waals surface area (Å²) in [4.78, 5) is 20.0. The van der Waals surface area contributed by atoms with E-state index in [2.05, 4.69) is 20.0 Å². The predicted octanol–water partition coefficient (Wildman–Crippen LogP) is 3.09. The zero-order chi connectivity index (χ0) is 21.9. The summed E-state index contributed by atoms with van der Waals surface area (Å²) in [5.41, 5.74) is 1.86. The van der Waals surface area contributed by atoms with Gasteiger partial charge in [0, 0.05) is 63.1 Å². The highest BCUT2D eigenvalue weighted by Crippen LogP contribution is 2.36. The molecule has 0 aromatic heterocycles. The zero-order valence-electron chi connectivity index (χ0n) is 18.6. The average Bonchev–Trinajstić information content (AvgIpc) is 2.85. The minimum Gasteiger partial charge on any atom is -0.369 e. The minimum atomic E-state index is -0.173. The first-order valence-electron chi connectivity index (χ1n) is 12.0. The molecule has 4 heterocycles. The van der Waals surface area contributed by atoms with E-state index in [1.807, 2.05) is 42.5 Å². The summed E-state index contributed by atoms with van der Waals surface area (Å²) in [5, 5.41) is 3.15. The quantitative estimate of drug-likeness (QED) is 0.756. The summed E-state index contributed by atoms with van der Waals surface area (Å²) in [6.45, 7) is 8.35. The normalized spacial score (nSPS) is 28.0. The number of benzene rings is 2. The van der Waals surface area contributed by atoms with Crippen molar-refractivity contribution in [3.8, 4) is 0 Å². The van der Waals surface area contributed by atoms with Crippen molar-refractivity contribution in [2.24, 2.45) is 11.8 Å². The van der Waals surface area contributed by atoms with Gasteiger partial charge in [-0.2, -0.15) is 0 Å². The number of carbonyl (C=O) groups excluding carboxylic acids is 1. The first-order chi connectivity index (χ1) is 15.7. The summed E-state index contributed by atoms with van der Waals surface area (Å²) in [7, 11) is 0. The van der Waals surface area contributed by atoms with E-state index in [9.17, 15) is 9.18 Å². The fourth-order valence-electron chi connectivity index (χ4n) is 5.74. The molecule has 0 radical (unpaired) electrons. The number of piperidine rings is 3. The summed E-state index contributed by atoms with van der Waals surface area (Å²) in [6.07, 6.45) is 2.47. The number of fused-ring (bicyclic) bond motifs is 3. The van der Waals surface area contributed by atoms with Gasteiger partial charge in [-0.25, -0.2) is 4.39 Å². The molecule has 5 nitrogen and oxygen atoms in total. The Balaban J connectivity index is 1.08. The van der Waals surface area contributed by atoms with Crippen LogP contribution in [-0.4, -0.2) is 74.1 Å². The van der Waals surface area contributed by atoms with E-state index in [0.717, 1.165) is 68.9 Å². The van der Waals surface area contributed by atoms with Crippen molar-refractivity contribution < 1.29 is 9.18 Å². The van der Waals surface area contributed by atoms with E-state index >= 15 is 0 Å². The highest BCUT2D eigenvalue weighted by Gasteiger charge is 2.40. The largest absolute Gasteiger partial charge is 0.369 e. The first kappa shape index (κ1) is 21.4. The fourth-order valence-corrected chi connectivity index (χ4v) is 5.74. The highest BCUT2D eigenvalue weighted by atomic mass is 19.1. The third-order valence-corrected chi connectivity index (χ3v) is 7.61. The Morgan fingerprint density at radius 2 is 1.72 bits per heavy atom. The molecule has 4 aliphatic rings. The molecule has 0 saturated carbocycles. The molecule has 1 amide bonds. The van der Waals surface area contributed by atoms with Crippen molar-refractivity contribution >= 4 is 11.6 Å². The molecule has 0 spiro atoms. The molecule has 2 aromatic carbocycles. The lowest BCUT2D eigenvalue weighted by molar-refractivity contribution is -0.0120. The van der Waals surface area contributed by atoms with Gasteiger partial charge in [0.2, 0.25) is 0 Å². The average molecular weight is 437 g/mol. The van der Waals surface area contributed by atoms with Gasteiger partial charge >= 0.3 is 0 Å². The van der Waals surface area contributed by atoms with E-state index in [1.54, 1.807) is 12.1 Å². The highest BCUT2D eigenvalue weighted by molar-refractivity contribution is 5.94. The number of nitrogens with zero attached hydrogens (tertiary/aromatic N) is 3. The van der Waals surface area contributed by atoms with Gasteiger partial charge < -0.3 is 10.2 Å². The molecule has 2 bridgehead atoms. The second kappa shape index (κ2) is 9.59. The second-order valence-electron chi connectivity index (χ2n) is 9.53. The predicted molar refractivity (Wildman–Crippen MR) is 125 cm³/mol. The molecule has 4 atom stereocenters. The Morgan fingerprint density at radius 3 is 2.41 bits per heavy atom. The van der Waals surface area contributed by atoms with Gasteiger partial charge in [0.15, 0.2) is 0 Å². The third kappa shape index (κ3) is 4.81. The molecule has 4 aliphatic heterocycles. The maximum atomic E-state index is 13.2. The van der Waals surface area contributed by atoms with E-state index in [1.165, 1.54) is 19.4 Å². The molecule has 170 valence electrons. The topological polar surface area (TPSA) is 38.8 Å². The van der Waals surface area contributed by atoms with E-state index in [4.69, 9.17) is 0 Å². The van der Waals surface area contributed by atoms with Crippen molar-refractivity contribution in [2.45, 2.75) is 18.9 Å². The Kier molecular flexibility index (Phi) is 6.42. The van der Waals surface area contributed by atoms with Crippen LogP contribution in [0.25, 0.3) is 0 Å². The lowest BCUT2D eigenvalue weighted by Gasteiger charge is -2.51. The molecular formula is C26H33FN4O. The van der Waals surface area contributed by atoms with Crippen molar-refractivity contribution in [1.82, 2.24) is 15.1 Å². The Bertz CT molecular complexity index is 898. The van der Waals surface area contributed by atoms with E-state index in [0.29, 0.717) is 6.04 Å². The van der Waals surface area contributed by atoms with Crippen LogP contribution in [0.2, 0.25) is 0 Å². The van der Waals surface area contributed by atoms with Crippen LogP contribution in [0.1, 0.15) is 23.2 Å².